The highest BCUT2D eigenvalue weighted by atomic mass is 32.2. The molecule has 17 heavy (non-hydrogen) atoms. The second kappa shape index (κ2) is 4.90. The van der Waals surface area contributed by atoms with Crippen LogP contribution in [0, 0.1) is 11.3 Å². The Bertz CT molecular complexity index is 576. The minimum absolute atomic E-state index is 0.280. The van der Waals surface area contributed by atoms with Crippen molar-refractivity contribution < 1.29 is 18.3 Å². The van der Waals surface area contributed by atoms with Crippen LogP contribution in [0.1, 0.15) is 12.6 Å². The molecule has 0 amide bonds. The molecule has 0 aliphatic carbocycles. The fourth-order valence-corrected chi connectivity index (χ4v) is 2.34. The standard InChI is InChI=1S/C9H9N3O4S/c1-6(9(13)14)12-17(15,16)8-3-2-4-11-7(8)5-10/h2-4,6,12H,1H3,(H,13,14)/t6-/m1/s1. The second-order valence-corrected chi connectivity index (χ2v) is 4.83. The first-order valence-corrected chi connectivity index (χ1v) is 5.97. The molecule has 1 heterocycles. The lowest BCUT2D eigenvalue weighted by atomic mass is 10.4. The Morgan fingerprint density at radius 2 is 2.29 bits per heavy atom. The van der Waals surface area contributed by atoms with Gasteiger partial charge in [0.05, 0.1) is 0 Å². The summed E-state index contributed by atoms with van der Waals surface area (Å²) in [5, 5.41) is 17.3. The van der Waals surface area contributed by atoms with Gasteiger partial charge in [-0.3, -0.25) is 4.79 Å². The fourth-order valence-electron chi connectivity index (χ4n) is 1.04. The van der Waals surface area contributed by atoms with Gasteiger partial charge in [-0.25, -0.2) is 13.4 Å². The predicted octanol–water partition coefficient (Wildman–Crippen LogP) is -0.295. The first kappa shape index (κ1) is 13.1. The topological polar surface area (TPSA) is 120 Å². The highest BCUT2D eigenvalue weighted by Gasteiger charge is 2.24. The maximum atomic E-state index is 11.8. The van der Waals surface area contributed by atoms with Gasteiger partial charge in [0.1, 0.15) is 17.0 Å². The molecule has 1 aromatic heterocycles. The number of sulfonamides is 1. The number of pyridine rings is 1. The Kier molecular flexibility index (Phi) is 3.77. The average molecular weight is 255 g/mol. The Morgan fingerprint density at radius 1 is 1.65 bits per heavy atom. The van der Waals surface area contributed by atoms with Crippen LogP contribution in [0.3, 0.4) is 0 Å². The van der Waals surface area contributed by atoms with Crippen molar-refractivity contribution in [1.82, 2.24) is 9.71 Å². The first-order chi connectivity index (χ1) is 7.88. The van der Waals surface area contributed by atoms with Crippen LogP contribution in [0.2, 0.25) is 0 Å². The van der Waals surface area contributed by atoms with Crippen molar-refractivity contribution >= 4 is 16.0 Å². The van der Waals surface area contributed by atoms with Crippen molar-refractivity contribution in [3.05, 3.63) is 24.0 Å². The zero-order valence-corrected chi connectivity index (χ0v) is 9.60. The summed E-state index contributed by atoms with van der Waals surface area (Å²) in [6, 6.07) is 2.87. The summed E-state index contributed by atoms with van der Waals surface area (Å²) in [6.07, 6.45) is 1.28. The lowest BCUT2D eigenvalue weighted by Gasteiger charge is -2.10. The number of aliphatic carboxylic acids is 1. The number of carbonyl (C=O) groups is 1. The van der Waals surface area contributed by atoms with Crippen LogP contribution in [0.5, 0.6) is 0 Å². The average Bonchev–Trinajstić information content (AvgIpc) is 2.28. The largest absolute Gasteiger partial charge is 0.480 e. The molecule has 0 radical (unpaired) electrons. The van der Waals surface area contributed by atoms with E-state index in [0.717, 1.165) is 0 Å². The predicted molar refractivity (Wildman–Crippen MR) is 56.4 cm³/mol. The van der Waals surface area contributed by atoms with Gasteiger partial charge in [-0.05, 0) is 19.1 Å². The van der Waals surface area contributed by atoms with Gasteiger partial charge in [0.15, 0.2) is 5.69 Å². The molecule has 90 valence electrons. The van der Waals surface area contributed by atoms with E-state index in [9.17, 15) is 13.2 Å². The van der Waals surface area contributed by atoms with Crippen molar-refractivity contribution in [3.8, 4) is 6.07 Å². The maximum Gasteiger partial charge on any atom is 0.321 e. The molecule has 0 spiro atoms. The third-order valence-electron chi connectivity index (χ3n) is 1.87. The van der Waals surface area contributed by atoms with Crippen molar-refractivity contribution in [2.45, 2.75) is 17.9 Å². The molecule has 1 aromatic rings. The number of carboxylic acids is 1. The lowest BCUT2D eigenvalue weighted by Crippen LogP contribution is -2.38. The smallest absolute Gasteiger partial charge is 0.321 e. The normalized spacial score (nSPS) is 12.7. The first-order valence-electron chi connectivity index (χ1n) is 4.48. The van der Waals surface area contributed by atoms with E-state index in [0.29, 0.717) is 0 Å². The monoisotopic (exact) mass is 255 g/mol. The van der Waals surface area contributed by atoms with Crippen molar-refractivity contribution in [2.24, 2.45) is 0 Å². The Hall–Kier alpha value is -1.98. The highest BCUT2D eigenvalue weighted by Crippen LogP contribution is 2.12. The molecular weight excluding hydrogens is 246 g/mol. The van der Waals surface area contributed by atoms with E-state index in [2.05, 4.69) is 4.98 Å². The van der Waals surface area contributed by atoms with Crippen molar-refractivity contribution in [3.63, 3.8) is 0 Å². The van der Waals surface area contributed by atoms with E-state index in [-0.39, 0.29) is 10.6 Å². The molecule has 0 saturated carbocycles. The lowest BCUT2D eigenvalue weighted by molar-refractivity contribution is -0.138. The zero-order chi connectivity index (χ0) is 13.1. The summed E-state index contributed by atoms with van der Waals surface area (Å²) in [5.41, 5.74) is -0.280. The van der Waals surface area contributed by atoms with Gasteiger partial charge < -0.3 is 5.11 Å². The van der Waals surface area contributed by atoms with E-state index in [1.54, 1.807) is 6.07 Å². The number of nitrogens with zero attached hydrogens (tertiary/aromatic N) is 2. The Labute approximate surface area is 97.8 Å². The zero-order valence-electron chi connectivity index (χ0n) is 8.78. The van der Waals surface area contributed by atoms with Crippen LogP contribution in [0.25, 0.3) is 0 Å². The molecular formula is C9H9N3O4S. The number of nitriles is 1. The van der Waals surface area contributed by atoms with Crippen molar-refractivity contribution in [1.29, 1.82) is 5.26 Å². The van der Waals surface area contributed by atoms with Crippen LogP contribution in [0.4, 0.5) is 0 Å². The molecule has 8 heteroatoms. The molecule has 1 rings (SSSR count). The summed E-state index contributed by atoms with van der Waals surface area (Å²) in [6.45, 7) is 1.18. The number of hydrogen-bond donors (Lipinski definition) is 2. The van der Waals surface area contributed by atoms with Crippen LogP contribution in [0.15, 0.2) is 23.2 Å². The number of nitrogens with one attached hydrogen (secondary N) is 1. The molecule has 2 N–H and O–H groups in total. The number of hydrogen-bond acceptors (Lipinski definition) is 5. The van der Waals surface area contributed by atoms with Crippen molar-refractivity contribution in [2.75, 3.05) is 0 Å². The molecule has 0 saturated heterocycles. The molecule has 0 unspecified atom stereocenters. The Balaban J connectivity index is 3.15. The minimum atomic E-state index is -4.06. The van der Waals surface area contributed by atoms with Crippen LogP contribution in [-0.4, -0.2) is 30.5 Å². The molecule has 0 fully saturated rings. The van der Waals surface area contributed by atoms with E-state index < -0.39 is 22.0 Å². The van der Waals surface area contributed by atoms with Gasteiger partial charge in [-0.2, -0.15) is 9.98 Å². The molecule has 1 atom stereocenters. The van der Waals surface area contributed by atoms with E-state index in [1.165, 1.54) is 25.3 Å². The van der Waals surface area contributed by atoms with Crippen LogP contribution >= 0.6 is 0 Å². The van der Waals surface area contributed by atoms with Crippen LogP contribution < -0.4 is 4.72 Å². The van der Waals surface area contributed by atoms with Gasteiger partial charge >= 0.3 is 5.97 Å². The van der Waals surface area contributed by atoms with E-state index >= 15 is 0 Å². The molecule has 7 nitrogen and oxygen atoms in total. The SMILES string of the molecule is C[C@@H](NS(=O)(=O)c1cccnc1C#N)C(=O)O. The summed E-state index contributed by atoms with van der Waals surface area (Å²) in [5.74, 6) is -1.31. The van der Waals surface area contributed by atoms with Gasteiger partial charge in [0, 0.05) is 6.20 Å². The molecule has 0 aliphatic heterocycles. The van der Waals surface area contributed by atoms with E-state index in [4.69, 9.17) is 10.4 Å². The summed E-state index contributed by atoms with van der Waals surface area (Å²) in [7, 11) is -4.06. The summed E-state index contributed by atoms with van der Waals surface area (Å²) < 4.78 is 25.5. The molecule has 0 bridgehead atoms. The van der Waals surface area contributed by atoms with Gasteiger partial charge in [-0.1, -0.05) is 0 Å². The maximum absolute atomic E-state index is 11.8. The highest BCUT2D eigenvalue weighted by molar-refractivity contribution is 7.89. The minimum Gasteiger partial charge on any atom is -0.480 e. The molecule has 0 aromatic carbocycles. The number of aromatic nitrogens is 1. The third kappa shape index (κ3) is 2.99. The second-order valence-electron chi connectivity index (χ2n) is 3.14. The molecule has 0 aliphatic rings. The number of carboxylic acid groups (broad SMARTS) is 1. The van der Waals surface area contributed by atoms with Crippen LogP contribution in [-0.2, 0) is 14.8 Å². The third-order valence-corrected chi connectivity index (χ3v) is 3.44. The van der Waals surface area contributed by atoms with E-state index in [1.807, 2.05) is 4.72 Å². The fraction of sp³-hybridized carbons (Fsp3) is 0.222. The summed E-state index contributed by atoms with van der Waals surface area (Å²) >= 11 is 0. The Morgan fingerprint density at radius 3 is 2.82 bits per heavy atom. The summed E-state index contributed by atoms with van der Waals surface area (Å²) in [4.78, 5) is 13.8. The van der Waals surface area contributed by atoms with Gasteiger partial charge in [0.25, 0.3) is 0 Å². The van der Waals surface area contributed by atoms with Gasteiger partial charge in [-0.15, -0.1) is 0 Å². The quantitative estimate of drug-likeness (QED) is 0.762. The van der Waals surface area contributed by atoms with Gasteiger partial charge in [0.2, 0.25) is 10.0 Å². The number of rotatable bonds is 4.